The largest absolute Gasteiger partial charge is 0.346 e. The third-order valence-electron chi connectivity index (χ3n) is 4.06. The fourth-order valence-electron chi connectivity index (χ4n) is 2.51. The van der Waals surface area contributed by atoms with Crippen LogP contribution in [0.2, 0.25) is 0 Å². The zero-order chi connectivity index (χ0) is 13.9. The molecule has 0 bridgehead atoms. The maximum Gasteiger partial charge on any atom is 0.346 e. The van der Waals surface area contributed by atoms with Crippen molar-refractivity contribution in [1.82, 2.24) is 9.34 Å². The van der Waals surface area contributed by atoms with E-state index in [1.807, 2.05) is 9.34 Å². The van der Waals surface area contributed by atoms with Crippen molar-refractivity contribution in [2.45, 2.75) is 71.4 Å². The smallest absolute Gasteiger partial charge is 0.306 e. The predicted molar refractivity (Wildman–Crippen MR) is 79.3 cm³/mol. The molecule has 0 aromatic rings. The van der Waals surface area contributed by atoms with Gasteiger partial charge in [-0.25, -0.2) is 9.34 Å². The fraction of sp³-hybridized carbons (Fsp3) is 1.00. The van der Waals surface area contributed by atoms with Crippen LogP contribution in [0.3, 0.4) is 0 Å². The molecule has 0 radical (unpaired) electrons. The Morgan fingerprint density at radius 1 is 1.00 bits per heavy atom. The van der Waals surface area contributed by atoms with E-state index in [2.05, 4.69) is 20.8 Å². The molecule has 0 spiro atoms. The molecule has 0 aliphatic carbocycles. The topological polar surface area (TPSA) is 32.3 Å². The monoisotopic (exact) mass is 288 g/mol. The van der Waals surface area contributed by atoms with Crippen molar-refractivity contribution in [1.29, 1.82) is 0 Å². The average molecular weight is 288 g/mol. The van der Waals surface area contributed by atoms with Crippen LogP contribution in [0, 0.1) is 0 Å². The van der Waals surface area contributed by atoms with Crippen LogP contribution in [0.4, 0.5) is 0 Å². The summed E-state index contributed by atoms with van der Waals surface area (Å²) in [6.07, 6.45) is 7.45. The second kappa shape index (κ2) is 6.71. The van der Waals surface area contributed by atoms with Crippen LogP contribution in [-0.4, -0.2) is 41.1 Å². The van der Waals surface area contributed by atoms with Crippen LogP contribution in [-0.2, 0) is 9.09 Å². The number of nitrogens with zero attached hydrogens (tertiary/aromatic N) is 2. The Balaban J connectivity index is 1.66. The van der Waals surface area contributed by atoms with Crippen LogP contribution in [0.15, 0.2) is 0 Å². The van der Waals surface area contributed by atoms with Gasteiger partial charge in [-0.2, -0.15) is 0 Å². The summed E-state index contributed by atoms with van der Waals surface area (Å²) in [5.41, 5.74) is 0. The van der Waals surface area contributed by atoms with Crippen molar-refractivity contribution in [3.63, 3.8) is 0 Å². The Morgan fingerprint density at radius 3 is 1.95 bits per heavy atom. The van der Waals surface area contributed by atoms with E-state index in [1.165, 1.54) is 32.1 Å². The molecule has 2 aliphatic rings. The predicted octanol–water partition coefficient (Wildman–Crippen LogP) is 3.88. The molecule has 2 unspecified atom stereocenters. The van der Waals surface area contributed by atoms with Crippen molar-refractivity contribution in [2.24, 2.45) is 0 Å². The molecule has 4 atom stereocenters. The molecule has 2 saturated heterocycles. The van der Waals surface area contributed by atoms with Gasteiger partial charge in [0, 0.05) is 25.2 Å². The van der Waals surface area contributed by atoms with Gasteiger partial charge in [0.25, 0.3) is 0 Å². The summed E-state index contributed by atoms with van der Waals surface area (Å²) in [7, 11) is -2.65. The van der Waals surface area contributed by atoms with Gasteiger partial charge in [0.15, 0.2) is 0 Å². The third kappa shape index (κ3) is 4.04. The summed E-state index contributed by atoms with van der Waals surface area (Å²) in [4.78, 5) is 0. The van der Waals surface area contributed by atoms with E-state index in [0.717, 1.165) is 19.5 Å². The quantitative estimate of drug-likeness (QED) is 0.347. The van der Waals surface area contributed by atoms with Gasteiger partial charge in [-0.15, -0.1) is 0 Å². The maximum atomic E-state index is 12.9. The van der Waals surface area contributed by atoms with Crippen LogP contribution >= 0.6 is 7.67 Å². The highest BCUT2D eigenvalue weighted by Crippen LogP contribution is 2.64. The van der Waals surface area contributed by atoms with Gasteiger partial charge in [0.05, 0.1) is 6.61 Å². The number of unbranched alkanes of at least 4 members (excludes halogenated alkanes) is 5. The molecular weight excluding hydrogens is 259 g/mol. The molecule has 2 fully saturated rings. The van der Waals surface area contributed by atoms with E-state index >= 15 is 0 Å². The van der Waals surface area contributed by atoms with E-state index < -0.39 is 7.67 Å². The van der Waals surface area contributed by atoms with Crippen molar-refractivity contribution in [3.8, 4) is 0 Å². The molecule has 0 saturated carbocycles. The van der Waals surface area contributed by atoms with E-state index in [9.17, 15) is 4.57 Å². The van der Waals surface area contributed by atoms with Crippen molar-refractivity contribution >= 4 is 7.67 Å². The Bertz CT molecular complexity index is 317. The van der Waals surface area contributed by atoms with E-state index in [-0.39, 0.29) is 0 Å². The molecule has 19 heavy (non-hydrogen) atoms. The van der Waals surface area contributed by atoms with E-state index in [1.54, 1.807) is 0 Å². The first-order valence-corrected chi connectivity index (χ1v) is 9.41. The maximum absolute atomic E-state index is 12.9. The van der Waals surface area contributed by atoms with Crippen molar-refractivity contribution < 1.29 is 9.09 Å². The highest BCUT2D eigenvalue weighted by atomic mass is 31.2. The molecule has 0 aromatic carbocycles. The third-order valence-corrected chi connectivity index (χ3v) is 6.99. The van der Waals surface area contributed by atoms with Crippen molar-refractivity contribution in [3.05, 3.63) is 0 Å². The van der Waals surface area contributed by atoms with Crippen molar-refractivity contribution in [2.75, 3.05) is 19.7 Å². The minimum atomic E-state index is -2.65. The average Bonchev–Trinajstić information content (AvgIpc) is 3.27. The zero-order valence-electron chi connectivity index (χ0n) is 12.7. The SMILES string of the molecule is CCCCCCCCOP(=O)(N1C[C@H]1C)N1C[C@H]1C. The lowest BCUT2D eigenvalue weighted by molar-refractivity contribution is 0.261. The van der Waals surface area contributed by atoms with Gasteiger partial charge in [-0.05, 0) is 20.3 Å². The first-order chi connectivity index (χ1) is 9.09. The summed E-state index contributed by atoms with van der Waals surface area (Å²) < 4.78 is 22.8. The Labute approximate surface area is 118 Å². The second-order valence-electron chi connectivity index (χ2n) is 6.03. The van der Waals surface area contributed by atoms with E-state index in [0.29, 0.717) is 18.7 Å². The molecule has 2 aliphatic heterocycles. The summed E-state index contributed by atoms with van der Waals surface area (Å²) in [6, 6.07) is 0.867. The van der Waals surface area contributed by atoms with Gasteiger partial charge < -0.3 is 4.52 Å². The molecule has 5 heteroatoms. The zero-order valence-corrected chi connectivity index (χ0v) is 13.6. The number of hydrogen-bond acceptors (Lipinski definition) is 2. The normalized spacial score (nSPS) is 35.9. The van der Waals surface area contributed by atoms with Gasteiger partial charge in [0.2, 0.25) is 0 Å². The van der Waals surface area contributed by atoms with Crippen LogP contribution in [0.1, 0.15) is 59.3 Å². The minimum Gasteiger partial charge on any atom is -0.306 e. The van der Waals surface area contributed by atoms with E-state index in [4.69, 9.17) is 4.52 Å². The van der Waals surface area contributed by atoms with Crippen LogP contribution in [0.5, 0.6) is 0 Å². The Morgan fingerprint density at radius 2 is 1.47 bits per heavy atom. The standard InChI is InChI=1S/C14H29N2O2P/c1-4-5-6-7-8-9-10-18-19(17,15-11-13(15)2)16-12-14(16)3/h13-14H,4-12H2,1-3H3/t13-,14-,15?,16?,19?/m1/s1. The first kappa shape index (κ1) is 15.5. The summed E-state index contributed by atoms with van der Waals surface area (Å²) in [5, 5.41) is 0. The number of rotatable bonds is 10. The Kier molecular flexibility index (Phi) is 5.47. The molecule has 2 heterocycles. The molecule has 0 N–H and O–H groups in total. The Hall–Kier alpha value is 0.110. The molecule has 112 valence electrons. The first-order valence-electron chi connectivity index (χ1n) is 7.88. The lowest BCUT2D eigenvalue weighted by Crippen LogP contribution is -2.11. The highest BCUT2D eigenvalue weighted by molar-refractivity contribution is 7.54. The van der Waals surface area contributed by atoms with Crippen LogP contribution < -0.4 is 0 Å². The lowest BCUT2D eigenvalue weighted by atomic mass is 10.1. The van der Waals surface area contributed by atoms with Crippen LogP contribution in [0.25, 0.3) is 0 Å². The molecule has 0 amide bonds. The molecular formula is C14H29N2O2P. The molecule has 4 nitrogen and oxygen atoms in total. The molecule has 2 rings (SSSR count). The van der Waals surface area contributed by atoms with Gasteiger partial charge >= 0.3 is 7.67 Å². The summed E-state index contributed by atoms with van der Waals surface area (Å²) >= 11 is 0. The number of hydrogen-bond donors (Lipinski definition) is 0. The van der Waals surface area contributed by atoms with Gasteiger partial charge in [-0.3, -0.25) is 4.57 Å². The lowest BCUT2D eigenvalue weighted by Gasteiger charge is -2.21. The second-order valence-corrected chi connectivity index (χ2v) is 8.30. The highest BCUT2D eigenvalue weighted by Gasteiger charge is 2.56. The minimum absolute atomic E-state index is 0.434. The van der Waals surface area contributed by atoms with Gasteiger partial charge in [-0.1, -0.05) is 39.0 Å². The van der Waals surface area contributed by atoms with Gasteiger partial charge in [0.1, 0.15) is 0 Å². The fourth-order valence-corrected chi connectivity index (χ4v) is 5.35. The summed E-state index contributed by atoms with van der Waals surface area (Å²) in [5.74, 6) is 0. The summed E-state index contributed by atoms with van der Waals surface area (Å²) in [6.45, 7) is 8.98. The molecule has 0 aromatic heterocycles.